The van der Waals surface area contributed by atoms with E-state index in [2.05, 4.69) is 22.0 Å². The summed E-state index contributed by atoms with van der Waals surface area (Å²) in [6.07, 6.45) is 0. The smallest absolute Gasteiger partial charge is 0.379 e. The quantitative estimate of drug-likeness (QED) is 0.207. The molecule has 5 rings (SSSR count). The van der Waals surface area contributed by atoms with E-state index in [0.29, 0.717) is 33.2 Å². The Labute approximate surface area is 226 Å². The van der Waals surface area contributed by atoms with Gasteiger partial charge < -0.3 is 24.4 Å². The van der Waals surface area contributed by atoms with Crippen LogP contribution >= 0.6 is 27.5 Å². The zero-order valence-corrected chi connectivity index (χ0v) is 22.4. The highest BCUT2D eigenvalue weighted by atomic mass is 79.9. The van der Waals surface area contributed by atoms with E-state index < -0.39 is 11.9 Å². The number of nitrogens with zero attached hydrogens (tertiary/aromatic N) is 1. The summed E-state index contributed by atoms with van der Waals surface area (Å²) in [4.78, 5) is 13.0. The number of carbonyl (C=O) groups is 1. The first-order chi connectivity index (χ1) is 17.7. The minimum Gasteiger partial charge on any atom is -0.496 e. The minimum absolute atomic E-state index is 0.0362. The number of ether oxygens (including phenoxy) is 3. The van der Waals surface area contributed by atoms with Gasteiger partial charge in [0.25, 0.3) is 0 Å². The van der Waals surface area contributed by atoms with Gasteiger partial charge in [0.2, 0.25) is 11.6 Å². The summed E-state index contributed by atoms with van der Waals surface area (Å²) in [5.41, 5.74) is 9.82. The van der Waals surface area contributed by atoms with Gasteiger partial charge in [-0.3, -0.25) is 0 Å². The van der Waals surface area contributed by atoms with Gasteiger partial charge in [0.15, 0.2) is 0 Å². The molecule has 1 atom stereocenters. The fourth-order valence-electron chi connectivity index (χ4n) is 4.44. The third-order valence-electron chi connectivity index (χ3n) is 6.31. The Hall–Kier alpha value is -3.93. The lowest BCUT2D eigenvalue weighted by Crippen LogP contribution is -2.21. The molecule has 186 valence electrons. The summed E-state index contributed by atoms with van der Waals surface area (Å²) in [6, 6.07) is 16.2. The summed E-state index contributed by atoms with van der Waals surface area (Å²) in [7, 11) is 1.56. The molecule has 0 bridgehead atoms. The number of carbonyl (C=O) groups excluding carboxylic acids is 1. The molecule has 3 aromatic carbocycles. The molecule has 2 N–H and O–H groups in total. The van der Waals surface area contributed by atoms with Crippen molar-refractivity contribution in [1.82, 2.24) is 0 Å². The monoisotopic (exact) mass is 578 g/mol. The number of aryl methyl sites for hydroxylation is 2. The Morgan fingerprint density at radius 3 is 2.65 bits per heavy atom. The number of hydrogen-bond donors (Lipinski definition) is 1. The van der Waals surface area contributed by atoms with Crippen LogP contribution in [-0.4, -0.2) is 13.1 Å². The molecule has 0 saturated carbocycles. The number of fused-ring (bicyclic) bond motifs is 2. The first-order valence-electron chi connectivity index (χ1n) is 11.2. The number of halogens is 2. The molecule has 0 spiro atoms. The lowest BCUT2D eigenvalue weighted by molar-refractivity contribution is 0.0702. The lowest BCUT2D eigenvalue weighted by atomic mass is 9.83. The summed E-state index contributed by atoms with van der Waals surface area (Å²) in [5.74, 6) is 0.0155. The van der Waals surface area contributed by atoms with E-state index >= 15 is 0 Å². The number of hydrogen-bond acceptors (Lipinski definition) is 7. The summed E-state index contributed by atoms with van der Waals surface area (Å²) >= 11 is 9.73. The van der Waals surface area contributed by atoms with E-state index in [4.69, 9.17) is 36.0 Å². The van der Waals surface area contributed by atoms with Gasteiger partial charge in [-0.1, -0.05) is 33.6 Å². The molecule has 0 amide bonds. The normalized spacial score (nSPS) is 14.6. The summed E-state index contributed by atoms with van der Waals surface area (Å²) < 4.78 is 23.6. The number of nitriles is 1. The molecule has 0 aliphatic carbocycles. The van der Waals surface area contributed by atoms with Gasteiger partial charge in [-0.15, -0.1) is 0 Å². The Kier molecular flexibility index (Phi) is 6.36. The first-order valence-corrected chi connectivity index (χ1v) is 12.3. The van der Waals surface area contributed by atoms with Crippen molar-refractivity contribution in [2.45, 2.75) is 19.8 Å². The standard InChI is InChI=1S/C28H20BrClN2O5/c1-13-8-23-18(11-21(13)30)14(2)26(36-23)28(33)35-16-5-6-17-24(10-16)37-27(32)20(12-31)25(17)19-9-15(29)4-7-22(19)34-3/h4-11,25H,32H2,1-3H3. The molecule has 1 aliphatic rings. The van der Waals surface area contributed by atoms with Crippen molar-refractivity contribution in [2.24, 2.45) is 5.73 Å². The van der Waals surface area contributed by atoms with Crippen LogP contribution in [0.1, 0.15) is 38.7 Å². The van der Waals surface area contributed by atoms with Gasteiger partial charge in [0.1, 0.15) is 34.5 Å². The second-order valence-electron chi connectivity index (χ2n) is 8.55. The van der Waals surface area contributed by atoms with Gasteiger partial charge in [-0.2, -0.15) is 5.26 Å². The number of furan rings is 1. The largest absolute Gasteiger partial charge is 0.496 e. The maximum absolute atomic E-state index is 13.0. The second-order valence-corrected chi connectivity index (χ2v) is 9.88. The molecule has 4 aromatic rings. The molecule has 0 fully saturated rings. The lowest BCUT2D eigenvalue weighted by Gasteiger charge is -2.27. The number of benzene rings is 3. The fourth-order valence-corrected chi connectivity index (χ4v) is 4.98. The van der Waals surface area contributed by atoms with Crippen molar-refractivity contribution in [2.75, 3.05) is 7.11 Å². The van der Waals surface area contributed by atoms with Crippen molar-refractivity contribution < 1.29 is 23.4 Å². The van der Waals surface area contributed by atoms with Gasteiger partial charge in [-0.25, -0.2) is 4.79 Å². The number of rotatable bonds is 4. The van der Waals surface area contributed by atoms with Crippen LogP contribution in [-0.2, 0) is 0 Å². The molecule has 1 aliphatic heterocycles. The third-order valence-corrected chi connectivity index (χ3v) is 7.21. The average Bonchev–Trinajstić information content (AvgIpc) is 3.18. The van der Waals surface area contributed by atoms with Crippen LogP contribution in [0.25, 0.3) is 11.0 Å². The Bertz CT molecular complexity index is 1670. The van der Waals surface area contributed by atoms with Crippen LogP contribution in [0.15, 0.2) is 68.9 Å². The van der Waals surface area contributed by atoms with Crippen LogP contribution in [0.4, 0.5) is 0 Å². The molecule has 37 heavy (non-hydrogen) atoms. The van der Waals surface area contributed by atoms with E-state index in [-0.39, 0.29) is 23.0 Å². The van der Waals surface area contributed by atoms with Crippen molar-refractivity contribution >= 4 is 44.5 Å². The minimum atomic E-state index is -0.662. The maximum atomic E-state index is 13.0. The maximum Gasteiger partial charge on any atom is 0.379 e. The van der Waals surface area contributed by atoms with Gasteiger partial charge in [0, 0.05) is 37.6 Å². The molecule has 2 heterocycles. The summed E-state index contributed by atoms with van der Waals surface area (Å²) in [6.45, 7) is 3.63. The third kappa shape index (κ3) is 4.31. The van der Waals surface area contributed by atoms with Crippen molar-refractivity contribution in [3.05, 3.63) is 97.5 Å². The van der Waals surface area contributed by atoms with Crippen molar-refractivity contribution in [1.29, 1.82) is 5.26 Å². The van der Waals surface area contributed by atoms with Crippen LogP contribution < -0.4 is 19.9 Å². The predicted octanol–water partition coefficient (Wildman–Crippen LogP) is 6.91. The van der Waals surface area contributed by atoms with E-state index in [1.807, 2.05) is 19.1 Å². The molecule has 0 saturated heterocycles. The molecule has 9 heteroatoms. The highest BCUT2D eigenvalue weighted by Gasteiger charge is 2.33. The number of allylic oxidation sites excluding steroid dienone is 1. The topological polar surface area (TPSA) is 108 Å². The van der Waals surface area contributed by atoms with Crippen LogP contribution in [0.5, 0.6) is 17.2 Å². The zero-order valence-electron chi connectivity index (χ0n) is 20.0. The fraction of sp³-hybridized carbons (Fsp3) is 0.143. The van der Waals surface area contributed by atoms with E-state index in [0.717, 1.165) is 21.0 Å². The second kappa shape index (κ2) is 9.51. The van der Waals surface area contributed by atoms with Crippen LogP contribution in [0.2, 0.25) is 5.02 Å². The summed E-state index contributed by atoms with van der Waals surface area (Å²) in [5, 5.41) is 11.2. The van der Waals surface area contributed by atoms with Crippen molar-refractivity contribution in [3.63, 3.8) is 0 Å². The highest BCUT2D eigenvalue weighted by molar-refractivity contribution is 9.10. The van der Waals surface area contributed by atoms with Crippen molar-refractivity contribution in [3.8, 4) is 23.3 Å². The number of methoxy groups -OCH3 is 1. The van der Waals surface area contributed by atoms with Crippen LogP contribution in [0.3, 0.4) is 0 Å². The average molecular weight is 580 g/mol. The number of nitrogens with two attached hydrogens (primary N) is 1. The van der Waals surface area contributed by atoms with Gasteiger partial charge in [-0.05, 0) is 55.8 Å². The SMILES string of the molecule is COc1ccc(Br)cc1C1C(C#N)=C(N)Oc2cc(OC(=O)c3oc4cc(C)c(Cl)cc4c3C)ccc21. The van der Waals surface area contributed by atoms with Gasteiger partial charge in [0.05, 0.1) is 13.0 Å². The Balaban J connectivity index is 1.52. The molecule has 7 nitrogen and oxygen atoms in total. The van der Waals surface area contributed by atoms with Crippen LogP contribution in [0, 0.1) is 25.2 Å². The van der Waals surface area contributed by atoms with E-state index in [9.17, 15) is 10.1 Å². The first kappa shape index (κ1) is 24.8. The molecular weight excluding hydrogens is 560 g/mol. The van der Waals surface area contributed by atoms with E-state index in [1.165, 1.54) is 0 Å². The Morgan fingerprint density at radius 1 is 1.14 bits per heavy atom. The molecule has 1 unspecified atom stereocenters. The zero-order chi connectivity index (χ0) is 26.4. The predicted molar refractivity (Wildman–Crippen MR) is 142 cm³/mol. The molecule has 1 aromatic heterocycles. The number of esters is 1. The molecular formula is C28H20BrClN2O5. The van der Waals surface area contributed by atoms with Gasteiger partial charge >= 0.3 is 5.97 Å². The van der Waals surface area contributed by atoms with E-state index in [1.54, 1.807) is 50.4 Å². The molecule has 0 radical (unpaired) electrons. The highest BCUT2D eigenvalue weighted by Crippen LogP contribution is 2.46. The Morgan fingerprint density at radius 2 is 1.92 bits per heavy atom.